The van der Waals surface area contributed by atoms with Crippen LogP contribution in [0.25, 0.3) is 0 Å². The molecular weight excluding hydrogens is 180 g/mol. The second kappa shape index (κ2) is 4.13. The van der Waals surface area contributed by atoms with Crippen molar-refractivity contribution in [2.24, 2.45) is 0 Å². The first kappa shape index (κ1) is 10.6. The molecule has 0 saturated heterocycles. The normalized spacial score (nSPS) is 9.93. The lowest BCUT2D eigenvalue weighted by atomic mass is 10.1. The van der Waals surface area contributed by atoms with Crippen molar-refractivity contribution in [2.45, 2.75) is 20.8 Å². The van der Waals surface area contributed by atoms with Gasteiger partial charge in [0, 0.05) is 0 Å². The van der Waals surface area contributed by atoms with Crippen LogP contribution in [-0.2, 0) is 4.74 Å². The molecule has 0 spiro atoms. The van der Waals surface area contributed by atoms with Crippen LogP contribution >= 0.6 is 0 Å². The van der Waals surface area contributed by atoms with Crippen molar-refractivity contribution >= 4 is 5.97 Å². The Kier molecular flexibility index (Phi) is 3.12. The highest BCUT2D eigenvalue weighted by molar-refractivity contribution is 5.90. The second-order valence-corrected chi connectivity index (χ2v) is 3.18. The molecule has 76 valence electrons. The first-order valence-electron chi connectivity index (χ1n) is 4.53. The summed E-state index contributed by atoms with van der Waals surface area (Å²) in [5, 5.41) is 9.49. The summed E-state index contributed by atoms with van der Waals surface area (Å²) < 4.78 is 4.86. The summed E-state index contributed by atoms with van der Waals surface area (Å²) in [5.41, 5.74) is 1.86. The van der Waals surface area contributed by atoms with Gasteiger partial charge >= 0.3 is 5.97 Å². The molecule has 0 aromatic heterocycles. The van der Waals surface area contributed by atoms with Crippen molar-refractivity contribution in [1.29, 1.82) is 0 Å². The third kappa shape index (κ3) is 2.05. The van der Waals surface area contributed by atoms with Crippen LogP contribution in [0, 0.1) is 13.8 Å². The Labute approximate surface area is 83.3 Å². The summed E-state index contributed by atoms with van der Waals surface area (Å²) in [6, 6.07) is 3.25. The summed E-state index contributed by atoms with van der Waals surface area (Å²) in [6.07, 6.45) is 0. The molecule has 0 bridgehead atoms. The number of phenols is 1. The summed E-state index contributed by atoms with van der Waals surface area (Å²) in [5.74, 6) is -0.114. The van der Waals surface area contributed by atoms with Gasteiger partial charge in [-0.1, -0.05) is 0 Å². The highest BCUT2D eigenvalue weighted by Gasteiger charge is 2.10. The molecule has 0 aliphatic carbocycles. The van der Waals surface area contributed by atoms with E-state index >= 15 is 0 Å². The molecule has 0 heterocycles. The fourth-order valence-corrected chi connectivity index (χ4v) is 1.29. The van der Waals surface area contributed by atoms with Crippen LogP contribution in [0.4, 0.5) is 0 Å². The van der Waals surface area contributed by atoms with E-state index in [0.717, 1.165) is 0 Å². The number of benzene rings is 1. The van der Waals surface area contributed by atoms with Gasteiger partial charge in [-0.3, -0.25) is 0 Å². The highest BCUT2D eigenvalue weighted by Crippen LogP contribution is 2.23. The monoisotopic (exact) mass is 194 g/mol. The number of ether oxygens (including phenoxy) is 1. The molecule has 0 aliphatic rings. The van der Waals surface area contributed by atoms with E-state index in [1.807, 2.05) is 0 Å². The molecule has 14 heavy (non-hydrogen) atoms. The molecule has 3 nitrogen and oxygen atoms in total. The van der Waals surface area contributed by atoms with Gasteiger partial charge in [0.05, 0.1) is 12.2 Å². The lowest BCUT2D eigenvalue weighted by Crippen LogP contribution is -2.05. The summed E-state index contributed by atoms with van der Waals surface area (Å²) >= 11 is 0. The number of aromatic hydroxyl groups is 1. The van der Waals surface area contributed by atoms with E-state index in [4.69, 9.17) is 4.74 Å². The molecule has 1 N–H and O–H groups in total. The second-order valence-electron chi connectivity index (χ2n) is 3.18. The first-order valence-corrected chi connectivity index (χ1v) is 4.53. The summed E-state index contributed by atoms with van der Waals surface area (Å²) in [4.78, 5) is 11.4. The van der Waals surface area contributed by atoms with Gasteiger partial charge < -0.3 is 9.84 Å². The molecule has 3 heteroatoms. The quantitative estimate of drug-likeness (QED) is 0.734. The zero-order valence-electron chi connectivity index (χ0n) is 8.63. The van der Waals surface area contributed by atoms with Crippen molar-refractivity contribution in [3.8, 4) is 5.75 Å². The first-order chi connectivity index (χ1) is 6.56. The maximum absolute atomic E-state index is 11.4. The van der Waals surface area contributed by atoms with E-state index in [1.54, 1.807) is 32.9 Å². The minimum absolute atomic E-state index is 0.234. The molecule has 0 fully saturated rings. The average Bonchev–Trinajstić information content (AvgIpc) is 2.13. The predicted octanol–water partition coefficient (Wildman–Crippen LogP) is 2.19. The Morgan fingerprint density at radius 3 is 2.29 bits per heavy atom. The van der Waals surface area contributed by atoms with E-state index in [0.29, 0.717) is 23.3 Å². The van der Waals surface area contributed by atoms with E-state index < -0.39 is 0 Å². The molecular formula is C11H14O3. The van der Waals surface area contributed by atoms with Gasteiger partial charge in [0.1, 0.15) is 5.75 Å². The number of carbonyl (C=O) groups is 1. The lowest BCUT2D eigenvalue weighted by Gasteiger charge is -2.06. The molecule has 1 aromatic rings. The zero-order valence-corrected chi connectivity index (χ0v) is 8.63. The summed E-state index contributed by atoms with van der Waals surface area (Å²) in [6.45, 7) is 5.63. The van der Waals surface area contributed by atoms with Gasteiger partial charge in [-0.2, -0.15) is 0 Å². The van der Waals surface area contributed by atoms with E-state index in [1.165, 1.54) is 0 Å². The highest BCUT2D eigenvalue weighted by atomic mass is 16.5. The van der Waals surface area contributed by atoms with Gasteiger partial charge in [-0.25, -0.2) is 4.79 Å². The van der Waals surface area contributed by atoms with Gasteiger partial charge in [-0.15, -0.1) is 0 Å². The van der Waals surface area contributed by atoms with Crippen LogP contribution in [-0.4, -0.2) is 17.7 Å². The van der Waals surface area contributed by atoms with Gasteiger partial charge in [-0.05, 0) is 44.0 Å². The molecule has 1 aromatic carbocycles. The Morgan fingerprint density at radius 1 is 1.36 bits per heavy atom. The van der Waals surface area contributed by atoms with Crippen molar-refractivity contribution in [3.05, 3.63) is 28.8 Å². The van der Waals surface area contributed by atoms with Crippen LogP contribution in [0.5, 0.6) is 5.75 Å². The van der Waals surface area contributed by atoms with Crippen molar-refractivity contribution in [2.75, 3.05) is 6.61 Å². The number of rotatable bonds is 2. The Balaban J connectivity index is 3.06. The largest absolute Gasteiger partial charge is 0.507 e. The molecule has 0 amide bonds. The average molecular weight is 194 g/mol. The summed E-state index contributed by atoms with van der Waals surface area (Å²) in [7, 11) is 0. The number of hydrogen-bond acceptors (Lipinski definition) is 3. The number of phenolic OH excluding ortho intramolecular Hbond substituents is 1. The van der Waals surface area contributed by atoms with Crippen LogP contribution in [0.3, 0.4) is 0 Å². The molecule has 0 radical (unpaired) electrons. The van der Waals surface area contributed by atoms with Crippen LogP contribution < -0.4 is 0 Å². The third-order valence-corrected chi connectivity index (χ3v) is 2.00. The molecule has 0 saturated carbocycles. The smallest absolute Gasteiger partial charge is 0.338 e. The fourth-order valence-electron chi connectivity index (χ4n) is 1.29. The molecule has 0 aliphatic heterocycles. The topological polar surface area (TPSA) is 46.5 Å². The van der Waals surface area contributed by atoms with Crippen LogP contribution in [0.2, 0.25) is 0 Å². The maximum Gasteiger partial charge on any atom is 0.338 e. The molecule has 1 rings (SSSR count). The van der Waals surface area contributed by atoms with E-state index in [-0.39, 0.29) is 11.7 Å². The molecule has 0 atom stereocenters. The SMILES string of the molecule is CCOC(=O)c1cc(C)c(O)c(C)c1. The predicted molar refractivity (Wildman–Crippen MR) is 53.5 cm³/mol. The Hall–Kier alpha value is -1.51. The van der Waals surface area contributed by atoms with Gasteiger partial charge in [0.15, 0.2) is 0 Å². The minimum Gasteiger partial charge on any atom is -0.507 e. The number of carbonyl (C=O) groups excluding carboxylic acids is 1. The number of esters is 1. The van der Waals surface area contributed by atoms with Crippen LogP contribution in [0.15, 0.2) is 12.1 Å². The fraction of sp³-hybridized carbons (Fsp3) is 0.364. The van der Waals surface area contributed by atoms with Crippen molar-refractivity contribution in [1.82, 2.24) is 0 Å². The number of hydrogen-bond donors (Lipinski definition) is 1. The van der Waals surface area contributed by atoms with Crippen molar-refractivity contribution in [3.63, 3.8) is 0 Å². The lowest BCUT2D eigenvalue weighted by molar-refractivity contribution is 0.0526. The van der Waals surface area contributed by atoms with Crippen LogP contribution in [0.1, 0.15) is 28.4 Å². The van der Waals surface area contributed by atoms with E-state index in [9.17, 15) is 9.90 Å². The standard InChI is InChI=1S/C11H14O3/c1-4-14-11(13)9-5-7(2)10(12)8(3)6-9/h5-6,12H,4H2,1-3H3. The minimum atomic E-state index is -0.348. The zero-order chi connectivity index (χ0) is 10.7. The van der Waals surface area contributed by atoms with E-state index in [2.05, 4.69) is 0 Å². The van der Waals surface area contributed by atoms with Gasteiger partial charge in [0.2, 0.25) is 0 Å². The maximum atomic E-state index is 11.4. The van der Waals surface area contributed by atoms with Gasteiger partial charge in [0.25, 0.3) is 0 Å². The molecule has 0 unspecified atom stereocenters. The Bertz CT molecular complexity index is 333. The Morgan fingerprint density at radius 2 is 1.86 bits per heavy atom. The number of aryl methyl sites for hydroxylation is 2. The third-order valence-electron chi connectivity index (χ3n) is 2.00. The van der Waals surface area contributed by atoms with Crippen molar-refractivity contribution < 1.29 is 14.6 Å².